The van der Waals surface area contributed by atoms with Crippen LogP contribution in [0.5, 0.6) is 5.75 Å². The molecule has 1 aromatic heterocycles. The normalized spacial score (nSPS) is 14.3. The number of thiazole rings is 1. The number of carbonyl (C=O) groups excluding carboxylic acids is 2. The first kappa shape index (κ1) is 20.7. The summed E-state index contributed by atoms with van der Waals surface area (Å²) in [5.74, 6) is 0.916. The van der Waals surface area contributed by atoms with Crippen molar-refractivity contribution in [2.75, 3.05) is 17.7 Å². The number of nitrogens with zero attached hydrogens (tertiary/aromatic N) is 1. The highest BCUT2D eigenvalue weighted by molar-refractivity contribution is 8.00. The van der Waals surface area contributed by atoms with E-state index in [1.165, 1.54) is 23.1 Å². The molecular formula is C22H23N3O3S2. The van der Waals surface area contributed by atoms with E-state index in [1.54, 1.807) is 7.11 Å². The minimum absolute atomic E-state index is 0.0781. The Balaban J connectivity index is 1.42. The van der Waals surface area contributed by atoms with Crippen LogP contribution < -0.4 is 15.4 Å². The van der Waals surface area contributed by atoms with Gasteiger partial charge in [-0.05, 0) is 55.7 Å². The number of nitrogens with one attached hydrogen (secondary N) is 2. The quantitative estimate of drug-likeness (QED) is 0.472. The largest absolute Gasteiger partial charge is 0.497 e. The van der Waals surface area contributed by atoms with Gasteiger partial charge in [-0.3, -0.25) is 9.59 Å². The molecule has 0 saturated heterocycles. The van der Waals surface area contributed by atoms with Crippen LogP contribution in [0.15, 0.2) is 47.4 Å². The fourth-order valence-electron chi connectivity index (χ4n) is 2.99. The topological polar surface area (TPSA) is 80.3 Å². The lowest BCUT2D eigenvalue weighted by Crippen LogP contribution is -2.24. The summed E-state index contributed by atoms with van der Waals surface area (Å²) in [4.78, 5) is 30.3. The number of fused-ring (bicyclic) bond motifs is 1. The molecule has 1 fully saturated rings. The van der Waals surface area contributed by atoms with Gasteiger partial charge in [-0.15, -0.1) is 11.8 Å². The van der Waals surface area contributed by atoms with E-state index in [-0.39, 0.29) is 23.0 Å². The summed E-state index contributed by atoms with van der Waals surface area (Å²) in [6.07, 6.45) is 2.61. The van der Waals surface area contributed by atoms with Crippen LogP contribution in [0.3, 0.4) is 0 Å². The van der Waals surface area contributed by atoms with E-state index in [9.17, 15) is 9.59 Å². The van der Waals surface area contributed by atoms with Gasteiger partial charge in [0.05, 0.1) is 22.6 Å². The standard InChI is InChI=1S/C22H23N3O3S2/c1-3-18(29-16-6-4-5-14(11-16)23-20(26)13-7-8-13)21(27)25-22-24-17-10-9-15(28-2)12-19(17)30-22/h4-6,9-13,18H,3,7-8H2,1-2H3,(H,23,26)(H,24,25,27). The van der Waals surface area contributed by atoms with Crippen LogP contribution in [-0.2, 0) is 9.59 Å². The third-order valence-corrected chi connectivity index (χ3v) is 7.11. The Morgan fingerprint density at radius 1 is 1.23 bits per heavy atom. The van der Waals surface area contributed by atoms with Gasteiger partial charge < -0.3 is 15.4 Å². The van der Waals surface area contributed by atoms with Crippen LogP contribution in [-0.4, -0.2) is 29.2 Å². The summed E-state index contributed by atoms with van der Waals surface area (Å²) in [5.41, 5.74) is 1.60. The first-order valence-electron chi connectivity index (χ1n) is 9.88. The van der Waals surface area contributed by atoms with E-state index in [0.717, 1.165) is 39.4 Å². The van der Waals surface area contributed by atoms with E-state index in [2.05, 4.69) is 15.6 Å². The molecule has 1 aliphatic rings. The van der Waals surface area contributed by atoms with Crippen molar-refractivity contribution in [1.29, 1.82) is 0 Å². The van der Waals surface area contributed by atoms with Crippen molar-refractivity contribution in [2.45, 2.75) is 36.3 Å². The van der Waals surface area contributed by atoms with Gasteiger partial charge >= 0.3 is 0 Å². The van der Waals surface area contributed by atoms with Crippen LogP contribution in [0.2, 0.25) is 0 Å². The summed E-state index contributed by atoms with van der Waals surface area (Å²) < 4.78 is 6.21. The summed E-state index contributed by atoms with van der Waals surface area (Å²) >= 11 is 2.92. The van der Waals surface area contributed by atoms with Crippen molar-refractivity contribution in [3.63, 3.8) is 0 Å². The van der Waals surface area contributed by atoms with Gasteiger partial charge in [-0.1, -0.05) is 24.3 Å². The second-order valence-corrected chi connectivity index (χ2v) is 9.45. The average Bonchev–Trinajstić information content (AvgIpc) is 3.52. The van der Waals surface area contributed by atoms with Crippen LogP contribution in [0.25, 0.3) is 10.2 Å². The predicted octanol–water partition coefficient (Wildman–Crippen LogP) is 5.16. The second-order valence-electron chi connectivity index (χ2n) is 7.15. The molecule has 1 unspecified atom stereocenters. The smallest absolute Gasteiger partial charge is 0.239 e. The molecule has 0 spiro atoms. The molecule has 30 heavy (non-hydrogen) atoms. The van der Waals surface area contributed by atoms with E-state index >= 15 is 0 Å². The van der Waals surface area contributed by atoms with E-state index < -0.39 is 0 Å². The fraction of sp³-hybridized carbons (Fsp3) is 0.318. The number of anilines is 2. The van der Waals surface area contributed by atoms with Gasteiger partial charge in [0.2, 0.25) is 11.8 Å². The number of carbonyl (C=O) groups is 2. The Labute approximate surface area is 183 Å². The Kier molecular flexibility index (Phi) is 6.24. The number of ether oxygens (including phenoxy) is 1. The Morgan fingerprint density at radius 2 is 2.07 bits per heavy atom. The summed E-state index contributed by atoms with van der Waals surface area (Å²) in [6, 6.07) is 13.3. The number of aromatic nitrogens is 1. The second kappa shape index (κ2) is 9.06. The first-order valence-corrected chi connectivity index (χ1v) is 11.6. The molecule has 1 aliphatic carbocycles. The van der Waals surface area contributed by atoms with Gasteiger partial charge in [-0.25, -0.2) is 4.98 Å². The molecule has 0 aliphatic heterocycles. The van der Waals surface area contributed by atoms with Crippen molar-refractivity contribution < 1.29 is 14.3 Å². The molecule has 1 saturated carbocycles. The molecule has 2 aromatic carbocycles. The molecular weight excluding hydrogens is 418 g/mol. The third-order valence-electron chi connectivity index (χ3n) is 4.82. The number of rotatable bonds is 8. The van der Waals surface area contributed by atoms with Gasteiger partial charge in [0.15, 0.2) is 5.13 Å². The Hall–Kier alpha value is -2.58. The van der Waals surface area contributed by atoms with Gasteiger partial charge in [0.25, 0.3) is 0 Å². The van der Waals surface area contributed by atoms with E-state index in [1.807, 2.05) is 49.4 Å². The van der Waals surface area contributed by atoms with Crippen molar-refractivity contribution in [1.82, 2.24) is 4.98 Å². The maximum Gasteiger partial charge on any atom is 0.239 e. The highest BCUT2D eigenvalue weighted by Crippen LogP contribution is 2.33. The Bertz CT molecular complexity index is 1080. The van der Waals surface area contributed by atoms with Crippen molar-refractivity contribution in [3.05, 3.63) is 42.5 Å². The summed E-state index contributed by atoms with van der Waals surface area (Å²) in [7, 11) is 1.63. The Morgan fingerprint density at radius 3 is 2.80 bits per heavy atom. The molecule has 2 N–H and O–H groups in total. The van der Waals surface area contributed by atoms with E-state index in [4.69, 9.17) is 4.74 Å². The maximum atomic E-state index is 12.8. The lowest BCUT2D eigenvalue weighted by Gasteiger charge is -2.14. The zero-order valence-corrected chi connectivity index (χ0v) is 18.4. The minimum Gasteiger partial charge on any atom is -0.497 e. The summed E-state index contributed by atoms with van der Waals surface area (Å²) in [5, 5.41) is 6.22. The lowest BCUT2D eigenvalue weighted by molar-refractivity contribution is -0.117. The zero-order valence-electron chi connectivity index (χ0n) is 16.8. The molecule has 2 amide bonds. The van der Waals surface area contributed by atoms with Crippen molar-refractivity contribution in [3.8, 4) is 5.75 Å². The fourth-order valence-corrected chi connectivity index (χ4v) is 4.91. The van der Waals surface area contributed by atoms with Crippen LogP contribution in [0.1, 0.15) is 26.2 Å². The SMILES string of the molecule is CCC(Sc1cccc(NC(=O)C2CC2)c1)C(=O)Nc1nc2ccc(OC)cc2s1. The molecule has 6 nitrogen and oxygen atoms in total. The molecule has 8 heteroatoms. The van der Waals surface area contributed by atoms with Gasteiger partial charge in [0.1, 0.15) is 5.75 Å². The van der Waals surface area contributed by atoms with E-state index in [0.29, 0.717) is 11.6 Å². The summed E-state index contributed by atoms with van der Waals surface area (Å²) in [6.45, 7) is 1.99. The molecule has 1 heterocycles. The third kappa shape index (κ3) is 4.94. The first-order chi connectivity index (χ1) is 14.6. The minimum atomic E-state index is -0.263. The number of amides is 2. The van der Waals surface area contributed by atoms with Gasteiger partial charge in [-0.2, -0.15) is 0 Å². The molecule has 3 aromatic rings. The van der Waals surface area contributed by atoms with Crippen LogP contribution in [0, 0.1) is 5.92 Å². The van der Waals surface area contributed by atoms with Crippen molar-refractivity contribution in [2.24, 2.45) is 5.92 Å². The predicted molar refractivity (Wildman–Crippen MR) is 123 cm³/mol. The van der Waals surface area contributed by atoms with Crippen LogP contribution >= 0.6 is 23.1 Å². The zero-order chi connectivity index (χ0) is 21.1. The van der Waals surface area contributed by atoms with Crippen molar-refractivity contribution >= 4 is 55.9 Å². The number of methoxy groups -OCH3 is 1. The number of hydrogen-bond donors (Lipinski definition) is 2. The number of benzene rings is 2. The molecule has 4 rings (SSSR count). The molecule has 1 atom stereocenters. The van der Waals surface area contributed by atoms with Crippen LogP contribution in [0.4, 0.5) is 10.8 Å². The monoisotopic (exact) mass is 441 g/mol. The molecule has 156 valence electrons. The number of hydrogen-bond acceptors (Lipinski definition) is 6. The van der Waals surface area contributed by atoms with Gasteiger partial charge in [0, 0.05) is 16.5 Å². The number of thioether (sulfide) groups is 1. The maximum absolute atomic E-state index is 12.8. The highest BCUT2D eigenvalue weighted by Gasteiger charge is 2.29. The molecule has 0 radical (unpaired) electrons. The molecule has 0 bridgehead atoms. The highest BCUT2D eigenvalue weighted by atomic mass is 32.2. The average molecular weight is 442 g/mol. The lowest BCUT2D eigenvalue weighted by atomic mass is 10.3.